The van der Waals surface area contributed by atoms with Crippen molar-refractivity contribution < 1.29 is 9.84 Å². The van der Waals surface area contributed by atoms with Crippen molar-refractivity contribution in [3.8, 4) is 5.75 Å². The molecule has 1 aliphatic rings. The molecule has 2 rings (SSSR count). The molecule has 3 nitrogen and oxygen atoms in total. The monoisotopic (exact) mass is 193 g/mol. The topological polar surface area (TPSA) is 41.5 Å². The fourth-order valence-corrected chi connectivity index (χ4v) is 1.91. The maximum absolute atomic E-state index is 9.42. The molecule has 0 radical (unpaired) electrons. The van der Waals surface area contributed by atoms with Gasteiger partial charge >= 0.3 is 0 Å². The summed E-state index contributed by atoms with van der Waals surface area (Å²) >= 11 is 0. The van der Waals surface area contributed by atoms with Crippen molar-refractivity contribution in [3.63, 3.8) is 0 Å². The fourth-order valence-electron chi connectivity index (χ4n) is 1.91. The summed E-state index contributed by atoms with van der Waals surface area (Å²) in [7, 11) is 1.67. The quantitative estimate of drug-likeness (QED) is 0.738. The normalized spacial score (nSPS) is 26.4. The molecule has 0 aliphatic carbocycles. The number of aliphatic hydroxyl groups is 1. The van der Waals surface area contributed by atoms with E-state index in [1.54, 1.807) is 7.11 Å². The molecule has 2 N–H and O–H groups in total. The van der Waals surface area contributed by atoms with E-state index in [1.165, 1.54) is 0 Å². The highest BCUT2D eigenvalue weighted by Gasteiger charge is 2.25. The van der Waals surface area contributed by atoms with Gasteiger partial charge in [-0.15, -0.1) is 0 Å². The Morgan fingerprint density at radius 2 is 2.21 bits per heavy atom. The first kappa shape index (κ1) is 9.49. The van der Waals surface area contributed by atoms with Crippen LogP contribution in [0.1, 0.15) is 18.0 Å². The third-order valence-electron chi connectivity index (χ3n) is 2.62. The predicted molar refractivity (Wildman–Crippen MR) is 54.4 cm³/mol. The van der Waals surface area contributed by atoms with Crippen LogP contribution < -0.4 is 10.1 Å². The van der Waals surface area contributed by atoms with Gasteiger partial charge in [0.2, 0.25) is 0 Å². The van der Waals surface area contributed by atoms with E-state index >= 15 is 0 Å². The van der Waals surface area contributed by atoms with E-state index in [-0.39, 0.29) is 12.1 Å². The van der Waals surface area contributed by atoms with Gasteiger partial charge in [0.05, 0.1) is 13.2 Å². The first-order valence-electron chi connectivity index (χ1n) is 4.85. The van der Waals surface area contributed by atoms with Crippen LogP contribution in [0.2, 0.25) is 0 Å². The Kier molecular flexibility index (Phi) is 2.70. The molecule has 0 spiro atoms. The van der Waals surface area contributed by atoms with Crippen molar-refractivity contribution in [2.24, 2.45) is 0 Å². The Bertz CT molecular complexity index is 314. The highest BCUT2D eigenvalue weighted by Crippen LogP contribution is 2.30. The Hall–Kier alpha value is -1.06. The maximum Gasteiger partial charge on any atom is 0.123 e. The van der Waals surface area contributed by atoms with Gasteiger partial charge in [0, 0.05) is 18.2 Å². The Morgan fingerprint density at radius 1 is 1.43 bits per heavy atom. The second kappa shape index (κ2) is 3.98. The summed E-state index contributed by atoms with van der Waals surface area (Å²) in [6.45, 7) is 0.669. The van der Waals surface area contributed by atoms with Gasteiger partial charge in [0.25, 0.3) is 0 Å². The van der Waals surface area contributed by atoms with Crippen molar-refractivity contribution in [2.75, 3.05) is 13.7 Å². The van der Waals surface area contributed by atoms with Crippen LogP contribution in [0.3, 0.4) is 0 Å². The zero-order valence-corrected chi connectivity index (χ0v) is 8.23. The van der Waals surface area contributed by atoms with E-state index in [9.17, 15) is 5.11 Å². The summed E-state index contributed by atoms with van der Waals surface area (Å²) in [5, 5.41) is 12.7. The molecule has 1 aliphatic heterocycles. The molecule has 1 heterocycles. The lowest BCUT2D eigenvalue weighted by Gasteiger charge is -2.14. The molecule has 3 heteroatoms. The van der Waals surface area contributed by atoms with Crippen LogP contribution >= 0.6 is 0 Å². The Balaban J connectivity index is 2.22. The summed E-state index contributed by atoms with van der Waals surface area (Å²) in [6.07, 6.45) is 0.533. The fraction of sp³-hybridized carbons (Fsp3) is 0.455. The van der Waals surface area contributed by atoms with Gasteiger partial charge in [-0.05, 0) is 12.5 Å². The van der Waals surface area contributed by atoms with Gasteiger partial charge in [0.1, 0.15) is 5.75 Å². The third-order valence-corrected chi connectivity index (χ3v) is 2.62. The number of benzene rings is 1. The maximum atomic E-state index is 9.42. The number of para-hydroxylation sites is 1. The van der Waals surface area contributed by atoms with E-state index in [4.69, 9.17) is 4.74 Å². The van der Waals surface area contributed by atoms with Crippen molar-refractivity contribution >= 4 is 0 Å². The van der Waals surface area contributed by atoms with E-state index in [2.05, 4.69) is 5.32 Å². The molecular formula is C11H15NO2. The molecule has 0 saturated carbocycles. The average molecular weight is 193 g/mol. The van der Waals surface area contributed by atoms with Gasteiger partial charge in [-0.3, -0.25) is 0 Å². The summed E-state index contributed by atoms with van der Waals surface area (Å²) in [5.41, 5.74) is 1.13. The number of aliphatic hydroxyl groups excluding tert-OH is 1. The Labute approximate surface area is 83.7 Å². The standard InChI is InChI=1S/C11H15NO2/c1-14-11-5-3-2-4-9(11)10-6-8(13)7-12-10/h2-5,8,10,12-13H,6-7H2,1H3. The molecule has 76 valence electrons. The molecule has 2 atom stereocenters. The Morgan fingerprint density at radius 3 is 2.86 bits per heavy atom. The molecule has 1 aromatic rings. The van der Waals surface area contributed by atoms with Gasteiger partial charge in [-0.1, -0.05) is 18.2 Å². The lowest BCUT2D eigenvalue weighted by atomic mass is 10.0. The van der Waals surface area contributed by atoms with Crippen LogP contribution in [0, 0.1) is 0 Å². The first-order chi connectivity index (χ1) is 6.81. The molecule has 14 heavy (non-hydrogen) atoms. The third kappa shape index (κ3) is 1.74. The molecule has 0 bridgehead atoms. The zero-order valence-electron chi connectivity index (χ0n) is 8.23. The van der Waals surface area contributed by atoms with Crippen LogP contribution in [0.15, 0.2) is 24.3 Å². The van der Waals surface area contributed by atoms with Crippen molar-refractivity contribution in [2.45, 2.75) is 18.6 Å². The largest absolute Gasteiger partial charge is 0.496 e. The minimum atomic E-state index is -0.232. The van der Waals surface area contributed by atoms with Crippen LogP contribution in [0.4, 0.5) is 0 Å². The summed E-state index contributed by atoms with van der Waals surface area (Å²) in [6, 6.07) is 8.15. The van der Waals surface area contributed by atoms with Crippen LogP contribution in [0.25, 0.3) is 0 Å². The SMILES string of the molecule is COc1ccccc1C1CC(O)CN1. The number of hydrogen-bond acceptors (Lipinski definition) is 3. The predicted octanol–water partition coefficient (Wildman–Crippen LogP) is 1.09. The van der Waals surface area contributed by atoms with Crippen LogP contribution in [-0.2, 0) is 0 Å². The average Bonchev–Trinajstić information content (AvgIpc) is 2.65. The van der Waals surface area contributed by atoms with E-state index < -0.39 is 0 Å². The zero-order chi connectivity index (χ0) is 9.97. The van der Waals surface area contributed by atoms with Gasteiger partial charge in [0.15, 0.2) is 0 Å². The summed E-state index contributed by atoms with van der Waals surface area (Å²) in [4.78, 5) is 0. The number of nitrogens with one attached hydrogen (secondary N) is 1. The minimum absolute atomic E-state index is 0.223. The van der Waals surface area contributed by atoms with E-state index in [0.717, 1.165) is 17.7 Å². The molecule has 1 saturated heterocycles. The summed E-state index contributed by atoms with van der Waals surface area (Å²) in [5.74, 6) is 0.888. The van der Waals surface area contributed by atoms with Gasteiger partial charge < -0.3 is 15.2 Å². The highest BCUT2D eigenvalue weighted by molar-refractivity contribution is 5.36. The number of methoxy groups -OCH3 is 1. The van der Waals surface area contributed by atoms with Crippen molar-refractivity contribution in [1.82, 2.24) is 5.32 Å². The van der Waals surface area contributed by atoms with E-state index in [1.807, 2.05) is 24.3 Å². The number of β-amino-alcohol motifs (C(OH)–C–C–N with tert-alkyl or cyclic N) is 1. The molecular weight excluding hydrogens is 178 g/mol. The molecule has 0 amide bonds. The molecule has 1 fully saturated rings. The summed E-state index contributed by atoms with van der Waals surface area (Å²) < 4.78 is 5.27. The molecule has 2 unspecified atom stereocenters. The van der Waals surface area contributed by atoms with Crippen LogP contribution in [-0.4, -0.2) is 24.9 Å². The van der Waals surface area contributed by atoms with Gasteiger partial charge in [-0.2, -0.15) is 0 Å². The lowest BCUT2D eigenvalue weighted by Crippen LogP contribution is -2.15. The van der Waals surface area contributed by atoms with E-state index in [0.29, 0.717) is 6.54 Å². The molecule has 1 aromatic carbocycles. The second-order valence-electron chi connectivity index (χ2n) is 3.59. The van der Waals surface area contributed by atoms with Gasteiger partial charge in [-0.25, -0.2) is 0 Å². The first-order valence-corrected chi connectivity index (χ1v) is 4.85. The lowest BCUT2D eigenvalue weighted by molar-refractivity contribution is 0.193. The highest BCUT2D eigenvalue weighted by atomic mass is 16.5. The second-order valence-corrected chi connectivity index (χ2v) is 3.59. The van der Waals surface area contributed by atoms with Crippen molar-refractivity contribution in [3.05, 3.63) is 29.8 Å². The number of rotatable bonds is 2. The number of hydrogen-bond donors (Lipinski definition) is 2. The molecule has 0 aromatic heterocycles. The number of ether oxygens (including phenoxy) is 1. The minimum Gasteiger partial charge on any atom is -0.496 e. The van der Waals surface area contributed by atoms with Crippen molar-refractivity contribution in [1.29, 1.82) is 0 Å². The smallest absolute Gasteiger partial charge is 0.123 e. The van der Waals surface area contributed by atoms with Crippen LogP contribution in [0.5, 0.6) is 5.75 Å².